The number of aliphatic hydroxyl groups is 1. The Morgan fingerprint density at radius 1 is 1.56 bits per heavy atom. The quantitative estimate of drug-likeness (QED) is 0.829. The summed E-state index contributed by atoms with van der Waals surface area (Å²) >= 11 is 5.88. The first-order valence-corrected chi connectivity index (χ1v) is 5.75. The first kappa shape index (κ1) is 11.8. The van der Waals surface area contributed by atoms with Gasteiger partial charge in [0, 0.05) is 6.42 Å². The highest BCUT2D eigenvalue weighted by Gasteiger charge is 2.41. The van der Waals surface area contributed by atoms with Gasteiger partial charge in [0.2, 0.25) is 0 Å². The predicted molar refractivity (Wildman–Crippen MR) is 60.9 cm³/mol. The molecule has 18 heavy (non-hydrogen) atoms. The fourth-order valence-corrected chi connectivity index (χ4v) is 2.18. The van der Waals surface area contributed by atoms with E-state index in [0.717, 1.165) is 0 Å². The van der Waals surface area contributed by atoms with Crippen LogP contribution in [0.5, 0.6) is 0 Å². The topological polar surface area (TPSA) is 73.1 Å². The second kappa shape index (κ2) is 4.11. The number of hydrogen-bond donors (Lipinski definition) is 1. The average Bonchev–Trinajstić information content (AvgIpc) is 2.94. The van der Waals surface area contributed by atoms with Gasteiger partial charge in [-0.2, -0.15) is 0 Å². The molecular weight excluding hydrogens is 263 g/mol. The molecule has 6 nitrogen and oxygen atoms in total. The summed E-state index contributed by atoms with van der Waals surface area (Å²) in [5.41, 5.74) is -0.775. The van der Waals surface area contributed by atoms with Crippen molar-refractivity contribution in [1.29, 1.82) is 0 Å². The van der Waals surface area contributed by atoms with Crippen LogP contribution in [0, 0.1) is 0 Å². The smallest absolute Gasteiger partial charge is 0.166 e. The van der Waals surface area contributed by atoms with Crippen LogP contribution in [0.25, 0.3) is 11.2 Å². The van der Waals surface area contributed by atoms with Gasteiger partial charge < -0.3 is 9.84 Å². The summed E-state index contributed by atoms with van der Waals surface area (Å²) < 4.78 is 20.8. The highest BCUT2D eigenvalue weighted by atomic mass is 35.5. The zero-order chi connectivity index (χ0) is 12.8. The van der Waals surface area contributed by atoms with Crippen molar-refractivity contribution in [3.63, 3.8) is 0 Å². The monoisotopic (exact) mass is 272 g/mol. The van der Waals surface area contributed by atoms with Crippen LogP contribution < -0.4 is 0 Å². The summed E-state index contributed by atoms with van der Waals surface area (Å²) in [6.07, 6.45) is 2.31. The second-order valence-electron chi connectivity index (χ2n) is 4.27. The predicted octanol–water partition coefficient (Wildman–Crippen LogP) is 1.10. The van der Waals surface area contributed by atoms with Crippen LogP contribution in [-0.4, -0.2) is 43.5 Å². The van der Waals surface area contributed by atoms with Gasteiger partial charge in [0.05, 0.1) is 19.5 Å². The zero-order valence-electron chi connectivity index (χ0n) is 9.25. The van der Waals surface area contributed by atoms with E-state index in [1.807, 2.05) is 0 Å². The number of rotatable bonds is 2. The molecular formula is C10H10ClFN4O2. The van der Waals surface area contributed by atoms with E-state index in [2.05, 4.69) is 15.0 Å². The number of aliphatic hydroxyl groups excluding tert-OH is 1. The lowest BCUT2D eigenvalue weighted by Crippen LogP contribution is -2.27. The van der Waals surface area contributed by atoms with E-state index in [0.29, 0.717) is 11.2 Å². The largest absolute Gasteiger partial charge is 0.393 e. The molecule has 0 aliphatic carbocycles. The van der Waals surface area contributed by atoms with Gasteiger partial charge >= 0.3 is 0 Å². The molecule has 0 spiro atoms. The summed E-state index contributed by atoms with van der Waals surface area (Å²) in [7, 11) is 0. The lowest BCUT2D eigenvalue weighted by molar-refractivity contribution is 0.0302. The van der Waals surface area contributed by atoms with Gasteiger partial charge in [-0.05, 0) is 0 Å². The minimum atomic E-state index is -1.71. The number of aromatic nitrogens is 4. The second-order valence-corrected chi connectivity index (χ2v) is 4.63. The fourth-order valence-electron chi connectivity index (χ4n) is 2.00. The van der Waals surface area contributed by atoms with Crippen LogP contribution in [0.1, 0.15) is 12.6 Å². The average molecular weight is 273 g/mol. The molecule has 1 aliphatic rings. The highest BCUT2D eigenvalue weighted by Crippen LogP contribution is 2.35. The van der Waals surface area contributed by atoms with Crippen LogP contribution in [0.4, 0.5) is 4.39 Å². The molecule has 2 aromatic rings. The first-order valence-electron chi connectivity index (χ1n) is 5.37. The molecule has 0 unspecified atom stereocenters. The maximum Gasteiger partial charge on any atom is 0.166 e. The Hall–Kier alpha value is -1.31. The van der Waals surface area contributed by atoms with Gasteiger partial charge in [-0.1, -0.05) is 11.6 Å². The molecule has 0 amide bonds. The summed E-state index contributed by atoms with van der Waals surface area (Å²) in [6, 6.07) is 0. The number of alkyl halides is 1. The molecule has 0 bridgehead atoms. The third-order valence-electron chi connectivity index (χ3n) is 2.98. The van der Waals surface area contributed by atoms with Gasteiger partial charge in [0.25, 0.3) is 0 Å². The van der Waals surface area contributed by atoms with Crippen molar-refractivity contribution in [2.75, 3.05) is 13.2 Å². The van der Waals surface area contributed by atoms with Gasteiger partial charge in [-0.15, -0.1) is 0 Å². The van der Waals surface area contributed by atoms with E-state index in [1.165, 1.54) is 12.7 Å². The van der Waals surface area contributed by atoms with Crippen molar-refractivity contribution < 1.29 is 14.2 Å². The van der Waals surface area contributed by atoms with Gasteiger partial charge in [0.1, 0.15) is 18.1 Å². The molecule has 2 aromatic heterocycles. The van der Waals surface area contributed by atoms with Crippen molar-refractivity contribution in [3.05, 3.63) is 17.8 Å². The van der Waals surface area contributed by atoms with Crippen LogP contribution in [-0.2, 0) is 4.74 Å². The highest BCUT2D eigenvalue weighted by molar-refractivity contribution is 6.33. The van der Waals surface area contributed by atoms with E-state index in [9.17, 15) is 4.39 Å². The number of imidazole rings is 1. The van der Waals surface area contributed by atoms with Gasteiger partial charge in [0.15, 0.2) is 16.5 Å². The Morgan fingerprint density at radius 2 is 2.39 bits per heavy atom. The maximum absolute atomic E-state index is 13.9. The molecule has 0 aromatic carbocycles. The van der Waals surface area contributed by atoms with Crippen molar-refractivity contribution >= 4 is 22.8 Å². The van der Waals surface area contributed by atoms with Crippen molar-refractivity contribution in [1.82, 2.24) is 19.5 Å². The Bertz CT molecular complexity index is 592. The summed E-state index contributed by atoms with van der Waals surface area (Å²) in [5.74, 6) is 0. The Morgan fingerprint density at radius 3 is 3.11 bits per heavy atom. The molecule has 2 atom stereocenters. The molecule has 8 heteroatoms. The minimum absolute atomic E-state index is 0.0522. The Kier molecular flexibility index (Phi) is 2.69. The van der Waals surface area contributed by atoms with Crippen LogP contribution in [0.2, 0.25) is 5.15 Å². The van der Waals surface area contributed by atoms with E-state index in [1.54, 1.807) is 4.57 Å². The SMILES string of the molecule is OC[C@]1(F)CO[C@H](n2cnc3c(Cl)ncnc32)C1. The number of nitrogens with zero attached hydrogens (tertiary/aromatic N) is 4. The van der Waals surface area contributed by atoms with Crippen molar-refractivity contribution in [2.24, 2.45) is 0 Å². The minimum Gasteiger partial charge on any atom is -0.393 e. The third-order valence-corrected chi connectivity index (χ3v) is 3.26. The van der Waals surface area contributed by atoms with E-state index in [-0.39, 0.29) is 18.2 Å². The molecule has 96 valence electrons. The summed E-state index contributed by atoms with van der Waals surface area (Å²) in [6.45, 7) is -0.710. The molecule has 0 radical (unpaired) electrons. The van der Waals surface area contributed by atoms with E-state index >= 15 is 0 Å². The maximum atomic E-state index is 13.9. The van der Waals surface area contributed by atoms with Crippen LogP contribution in [0.3, 0.4) is 0 Å². The molecule has 1 aliphatic heterocycles. The molecule has 0 saturated carbocycles. The van der Waals surface area contributed by atoms with Crippen LogP contribution in [0.15, 0.2) is 12.7 Å². The zero-order valence-corrected chi connectivity index (χ0v) is 10.0. The van der Waals surface area contributed by atoms with E-state index in [4.69, 9.17) is 21.4 Å². The Labute approximate surface area is 106 Å². The van der Waals surface area contributed by atoms with Gasteiger partial charge in [-0.3, -0.25) is 4.57 Å². The molecule has 3 heterocycles. The van der Waals surface area contributed by atoms with Crippen molar-refractivity contribution in [3.8, 4) is 0 Å². The summed E-state index contributed by atoms with van der Waals surface area (Å²) in [5, 5.41) is 9.21. The lowest BCUT2D eigenvalue weighted by atomic mass is 10.1. The van der Waals surface area contributed by atoms with Gasteiger partial charge in [-0.25, -0.2) is 19.3 Å². The number of ether oxygens (including phenoxy) is 1. The van der Waals surface area contributed by atoms with Crippen molar-refractivity contribution in [2.45, 2.75) is 18.3 Å². The van der Waals surface area contributed by atoms with E-state index < -0.39 is 18.5 Å². The molecule has 1 saturated heterocycles. The van der Waals surface area contributed by atoms with Crippen LogP contribution >= 0.6 is 11.6 Å². The normalized spacial score (nSPS) is 28.1. The third kappa shape index (κ3) is 1.75. The molecule has 3 rings (SSSR count). The lowest BCUT2D eigenvalue weighted by Gasteiger charge is -2.14. The number of hydrogen-bond acceptors (Lipinski definition) is 5. The fraction of sp³-hybridized carbons (Fsp3) is 0.500. The molecule has 1 fully saturated rings. The number of halogens is 2. The molecule has 1 N–H and O–H groups in total. The number of fused-ring (bicyclic) bond motifs is 1. The first-order chi connectivity index (χ1) is 8.63. The standard InChI is InChI=1S/C10H10ClFN4O2/c11-8-7-9(14-4-13-8)16(5-15-7)6-1-10(12,2-17)3-18-6/h4-6,17H,1-3H2/t6-,10-/m0/s1. The Balaban J connectivity index is 1.99. The summed E-state index contributed by atoms with van der Waals surface area (Å²) in [4.78, 5) is 12.0.